The van der Waals surface area contributed by atoms with Gasteiger partial charge in [-0.3, -0.25) is 0 Å². The molecule has 0 amide bonds. The van der Waals surface area contributed by atoms with Gasteiger partial charge in [0.2, 0.25) is 0 Å². The molecule has 0 aromatic heterocycles. The summed E-state index contributed by atoms with van der Waals surface area (Å²) in [4.78, 5) is 0. The van der Waals surface area contributed by atoms with Gasteiger partial charge in [-0.2, -0.15) is 13.2 Å². The van der Waals surface area contributed by atoms with Crippen molar-refractivity contribution in [2.45, 2.75) is 32.5 Å². The predicted molar refractivity (Wildman–Crippen MR) is 38.8 cm³/mol. The second-order valence-electron chi connectivity index (χ2n) is 2.69. The van der Waals surface area contributed by atoms with E-state index in [9.17, 15) is 13.2 Å². The van der Waals surface area contributed by atoms with Gasteiger partial charge in [0.15, 0.2) is 0 Å². The third-order valence-electron chi connectivity index (χ3n) is 1.07. The van der Waals surface area contributed by atoms with E-state index in [-0.39, 0.29) is 24.7 Å². The van der Waals surface area contributed by atoms with Gasteiger partial charge in [0.1, 0.15) is 6.10 Å². The fraction of sp³-hybridized carbons (Fsp3) is 1.00. The number of alkyl halides is 3. The van der Waals surface area contributed by atoms with Crippen LogP contribution in [0.15, 0.2) is 0 Å². The Labute approximate surface area is 70.0 Å². The summed E-state index contributed by atoms with van der Waals surface area (Å²) in [6.45, 7) is 3.27. The molecule has 0 aliphatic heterocycles. The van der Waals surface area contributed by atoms with Crippen molar-refractivity contribution in [2.24, 2.45) is 5.92 Å². The largest absolute Gasteiger partial charge is 0.414 e. The van der Waals surface area contributed by atoms with Crippen LogP contribution >= 0.6 is 12.4 Å². The van der Waals surface area contributed by atoms with Crippen molar-refractivity contribution in [3.05, 3.63) is 0 Å². The van der Waals surface area contributed by atoms with Crippen LogP contribution in [-0.4, -0.2) is 17.4 Å². The molecule has 0 saturated heterocycles. The minimum absolute atomic E-state index is 0. The lowest BCUT2D eigenvalue weighted by atomic mass is 10.1. The van der Waals surface area contributed by atoms with Crippen LogP contribution in [0.25, 0.3) is 0 Å². The average molecular weight is 193 g/mol. The summed E-state index contributed by atoms with van der Waals surface area (Å²) < 4.78 is 34.7. The van der Waals surface area contributed by atoms with Crippen molar-refractivity contribution in [3.8, 4) is 0 Å². The Bertz CT molecular complexity index is 102. The maximum Gasteiger partial charge on any atom is 0.414 e. The molecule has 5 heteroatoms. The Morgan fingerprint density at radius 2 is 1.64 bits per heavy atom. The van der Waals surface area contributed by atoms with Gasteiger partial charge >= 0.3 is 6.18 Å². The number of halogens is 4. The molecule has 0 radical (unpaired) electrons. The molecule has 1 unspecified atom stereocenters. The molecule has 11 heavy (non-hydrogen) atoms. The molecule has 0 fully saturated rings. The molecule has 0 heterocycles. The van der Waals surface area contributed by atoms with Crippen LogP contribution in [0.3, 0.4) is 0 Å². The summed E-state index contributed by atoms with van der Waals surface area (Å²) in [5.74, 6) is -0.128. The highest BCUT2D eigenvalue weighted by Gasteiger charge is 2.37. The van der Waals surface area contributed by atoms with E-state index in [1.54, 1.807) is 13.8 Å². The van der Waals surface area contributed by atoms with E-state index in [0.717, 1.165) is 0 Å². The quantitative estimate of drug-likeness (QED) is 0.712. The van der Waals surface area contributed by atoms with Gasteiger partial charge in [0.05, 0.1) is 0 Å². The van der Waals surface area contributed by atoms with Crippen LogP contribution in [0.5, 0.6) is 0 Å². The Morgan fingerprint density at radius 1 is 1.27 bits per heavy atom. The van der Waals surface area contributed by atoms with Crippen LogP contribution in [0.1, 0.15) is 20.3 Å². The molecular formula is C6H12ClF3O. The van der Waals surface area contributed by atoms with Gasteiger partial charge < -0.3 is 5.11 Å². The van der Waals surface area contributed by atoms with Gasteiger partial charge in [0.25, 0.3) is 0 Å². The Morgan fingerprint density at radius 3 is 1.73 bits per heavy atom. The van der Waals surface area contributed by atoms with E-state index in [1.807, 2.05) is 0 Å². The molecule has 0 aliphatic rings. The van der Waals surface area contributed by atoms with Crippen molar-refractivity contribution >= 4 is 12.4 Å². The van der Waals surface area contributed by atoms with Gasteiger partial charge in [0, 0.05) is 0 Å². The fourth-order valence-electron chi connectivity index (χ4n) is 0.580. The Hall–Kier alpha value is 0.0400. The number of rotatable bonds is 2. The van der Waals surface area contributed by atoms with Crippen LogP contribution in [0.4, 0.5) is 13.2 Å². The first-order chi connectivity index (χ1) is 4.34. The highest BCUT2D eigenvalue weighted by atomic mass is 35.5. The zero-order valence-corrected chi connectivity index (χ0v) is 7.17. The normalized spacial score (nSPS) is 14.5. The highest BCUT2D eigenvalue weighted by Crippen LogP contribution is 2.24. The van der Waals surface area contributed by atoms with Gasteiger partial charge in [-0.1, -0.05) is 13.8 Å². The maximum absolute atomic E-state index is 11.6. The van der Waals surface area contributed by atoms with Crippen LogP contribution < -0.4 is 0 Å². The zero-order chi connectivity index (χ0) is 8.36. The third kappa shape index (κ3) is 6.44. The third-order valence-corrected chi connectivity index (χ3v) is 1.07. The highest BCUT2D eigenvalue weighted by molar-refractivity contribution is 5.85. The van der Waals surface area contributed by atoms with E-state index in [2.05, 4.69) is 0 Å². The van der Waals surface area contributed by atoms with E-state index >= 15 is 0 Å². The SMILES string of the molecule is CC(C)CC(O)C(F)(F)F.Cl. The van der Waals surface area contributed by atoms with Crippen molar-refractivity contribution in [3.63, 3.8) is 0 Å². The Kier molecular flexibility index (Phi) is 5.97. The van der Waals surface area contributed by atoms with Gasteiger partial charge in [-0.25, -0.2) is 0 Å². The summed E-state index contributed by atoms with van der Waals surface area (Å²) in [6, 6.07) is 0. The van der Waals surface area contributed by atoms with E-state index in [0.29, 0.717) is 0 Å². The van der Waals surface area contributed by atoms with Crippen LogP contribution in [0.2, 0.25) is 0 Å². The second kappa shape index (κ2) is 4.83. The molecule has 0 aliphatic carbocycles. The van der Waals surface area contributed by atoms with Crippen molar-refractivity contribution < 1.29 is 18.3 Å². The molecule has 1 N–H and O–H groups in total. The lowest BCUT2D eigenvalue weighted by Crippen LogP contribution is -2.29. The van der Waals surface area contributed by atoms with Crippen molar-refractivity contribution in [2.75, 3.05) is 0 Å². The molecule has 0 saturated carbocycles. The summed E-state index contributed by atoms with van der Waals surface area (Å²) in [6.07, 6.45) is -6.83. The smallest absolute Gasteiger partial charge is 0.384 e. The maximum atomic E-state index is 11.6. The zero-order valence-electron chi connectivity index (χ0n) is 6.35. The predicted octanol–water partition coefficient (Wildman–Crippen LogP) is 2.38. The number of aliphatic hydroxyl groups excluding tert-OH is 1. The molecule has 1 nitrogen and oxygen atoms in total. The summed E-state index contributed by atoms with van der Waals surface area (Å²) in [7, 11) is 0. The lowest BCUT2D eigenvalue weighted by Gasteiger charge is -2.15. The van der Waals surface area contributed by atoms with Crippen molar-refractivity contribution in [1.82, 2.24) is 0 Å². The lowest BCUT2D eigenvalue weighted by molar-refractivity contribution is -0.207. The van der Waals surface area contributed by atoms with Crippen molar-refractivity contribution in [1.29, 1.82) is 0 Å². The first-order valence-electron chi connectivity index (χ1n) is 3.09. The Balaban J connectivity index is 0. The summed E-state index contributed by atoms with van der Waals surface area (Å²) in [5, 5.41) is 8.43. The second-order valence-corrected chi connectivity index (χ2v) is 2.69. The minimum Gasteiger partial charge on any atom is -0.384 e. The molecule has 70 valence electrons. The topological polar surface area (TPSA) is 20.2 Å². The van der Waals surface area contributed by atoms with Crippen LogP contribution in [0, 0.1) is 5.92 Å². The first kappa shape index (κ1) is 13.6. The summed E-state index contributed by atoms with van der Waals surface area (Å²) >= 11 is 0. The summed E-state index contributed by atoms with van der Waals surface area (Å²) in [5.41, 5.74) is 0. The van der Waals surface area contributed by atoms with E-state index in [1.165, 1.54) is 0 Å². The monoisotopic (exact) mass is 192 g/mol. The van der Waals surface area contributed by atoms with E-state index in [4.69, 9.17) is 5.11 Å². The minimum atomic E-state index is -4.45. The first-order valence-corrected chi connectivity index (χ1v) is 3.09. The molecular weight excluding hydrogens is 181 g/mol. The number of aliphatic hydroxyl groups is 1. The molecule has 0 bridgehead atoms. The average Bonchev–Trinajstić information content (AvgIpc) is 1.60. The number of hydrogen-bond donors (Lipinski definition) is 1. The van der Waals surface area contributed by atoms with Crippen LogP contribution in [-0.2, 0) is 0 Å². The van der Waals surface area contributed by atoms with Gasteiger partial charge in [-0.15, -0.1) is 12.4 Å². The number of hydrogen-bond acceptors (Lipinski definition) is 1. The van der Waals surface area contributed by atoms with Gasteiger partial charge in [-0.05, 0) is 12.3 Å². The van der Waals surface area contributed by atoms with E-state index < -0.39 is 12.3 Å². The molecule has 0 aromatic rings. The fourth-order valence-corrected chi connectivity index (χ4v) is 0.580. The molecule has 0 aromatic carbocycles. The molecule has 0 spiro atoms. The standard InChI is InChI=1S/C6H11F3O.ClH/c1-4(2)3-5(10)6(7,8)9;/h4-5,10H,3H2,1-2H3;1H. The molecule has 1 atom stereocenters. The molecule has 0 rings (SSSR count).